The summed E-state index contributed by atoms with van der Waals surface area (Å²) in [6.07, 6.45) is -0.176. The smallest absolute Gasteiger partial charge is 0.410 e. The maximum absolute atomic E-state index is 12.8. The van der Waals surface area contributed by atoms with Crippen molar-refractivity contribution in [2.75, 3.05) is 25.6 Å². The van der Waals surface area contributed by atoms with E-state index in [4.69, 9.17) is 9.47 Å². The second-order valence-corrected chi connectivity index (χ2v) is 7.67. The van der Waals surface area contributed by atoms with Gasteiger partial charge in [-0.25, -0.2) is 4.79 Å². The fourth-order valence-electron chi connectivity index (χ4n) is 3.54. The Morgan fingerprint density at radius 3 is 2.93 bits per heavy atom. The third kappa shape index (κ3) is 3.11. The number of amides is 2. The van der Waals surface area contributed by atoms with Crippen molar-refractivity contribution < 1.29 is 24.2 Å². The highest BCUT2D eigenvalue weighted by molar-refractivity contribution is 7.16. The van der Waals surface area contributed by atoms with Crippen LogP contribution < -0.4 is 15.4 Å². The first kappa shape index (κ1) is 18.4. The van der Waals surface area contributed by atoms with Gasteiger partial charge in [-0.15, -0.1) is 11.3 Å². The zero-order chi connectivity index (χ0) is 19.8. The van der Waals surface area contributed by atoms with Crippen LogP contribution in [0.2, 0.25) is 0 Å². The van der Waals surface area contributed by atoms with E-state index in [1.54, 1.807) is 30.0 Å². The Morgan fingerprint density at radius 2 is 2.21 bits per heavy atom. The van der Waals surface area contributed by atoms with Crippen molar-refractivity contribution in [3.05, 3.63) is 39.8 Å². The number of rotatable bonds is 3. The Balaban J connectivity index is 1.59. The average Bonchev–Trinajstić information content (AvgIpc) is 3.06. The summed E-state index contributed by atoms with van der Waals surface area (Å²) >= 11 is 1.48. The van der Waals surface area contributed by atoms with Crippen LogP contribution in [0.3, 0.4) is 0 Å². The van der Waals surface area contributed by atoms with E-state index in [0.717, 1.165) is 21.0 Å². The van der Waals surface area contributed by atoms with Gasteiger partial charge in [0, 0.05) is 11.4 Å². The fraction of sp³-hybridized carbons (Fsp3) is 0.368. The zero-order valence-corrected chi connectivity index (χ0v) is 16.4. The Morgan fingerprint density at radius 1 is 1.39 bits per heavy atom. The second-order valence-electron chi connectivity index (χ2n) is 6.56. The minimum absolute atomic E-state index is 0.0115. The quantitative estimate of drug-likeness (QED) is 0.729. The van der Waals surface area contributed by atoms with Crippen molar-refractivity contribution in [1.29, 1.82) is 0 Å². The second kappa shape index (κ2) is 7.23. The van der Waals surface area contributed by atoms with E-state index < -0.39 is 6.17 Å². The van der Waals surface area contributed by atoms with Crippen LogP contribution in [0.5, 0.6) is 11.5 Å². The maximum atomic E-state index is 12.8. The van der Waals surface area contributed by atoms with Crippen LogP contribution in [0, 0.1) is 0 Å². The molecular formula is C19H21N3O5S. The minimum atomic E-state index is -0.460. The Kier molecular flexibility index (Phi) is 4.76. The van der Waals surface area contributed by atoms with Crippen LogP contribution >= 0.6 is 11.3 Å². The number of thiophene rings is 1. The first-order chi connectivity index (χ1) is 13.5. The van der Waals surface area contributed by atoms with E-state index in [-0.39, 0.29) is 17.7 Å². The van der Waals surface area contributed by atoms with Crippen LogP contribution in [-0.2, 0) is 17.7 Å². The molecule has 0 radical (unpaired) electrons. The minimum Gasteiger partial charge on any atom is -0.504 e. The van der Waals surface area contributed by atoms with E-state index in [9.17, 15) is 14.7 Å². The Labute approximate surface area is 166 Å². The van der Waals surface area contributed by atoms with E-state index >= 15 is 0 Å². The van der Waals surface area contributed by atoms with Gasteiger partial charge in [0.25, 0.3) is 5.91 Å². The van der Waals surface area contributed by atoms with Gasteiger partial charge in [0.05, 0.1) is 25.8 Å². The standard InChI is InChI=1S/C19H21N3O5S/c1-3-27-19(25)22-7-6-11-14(9-22)28-18-15(11)17(24)20-16(21-18)10-4-5-13(26-2)12(23)8-10/h4-5,8,16,21,23H,3,6-7,9H2,1-2H3,(H,20,24)/t16-/m1/s1. The summed E-state index contributed by atoms with van der Waals surface area (Å²) in [6.45, 7) is 3.08. The highest BCUT2D eigenvalue weighted by Gasteiger charge is 2.34. The fourth-order valence-corrected chi connectivity index (χ4v) is 4.83. The lowest BCUT2D eigenvalue weighted by Gasteiger charge is -2.28. The molecule has 3 N–H and O–H groups in total. The average molecular weight is 403 g/mol. The molecule has 0 bridgehead atoms. The number of hydrogen-bond acceptors (Lipinski definition) is 7. The Bertz CT molecular complexity index is 942. The number of fused-ring (bicyclic) bond motifs is 3. The molecule has 2 aliphatic rings. The molecule has 0 unspecified atom stereocenters. The van der Waals surface area contributed by atoms with Crippen LogP contribution in [-0.4, -0.2) is 42.3 Å². The number of anilines is 1. The molecule has 0 saturated heterocycles. The monoisotopic (exact) mass is 403 g/mol. The molecule has 0 saturated carbocycles. The van der Waals surface area contributed by atoms with Gasteiger partial charge in [-0.1, -0.05) is 6.07 Å². The molecule has 28 heavy (non-hydrogen) atoms. The summed E-state index contributed by atoms with van der Waals surface area (Å²) in [5.74, 6) is 0.228. The summed E-state index contributed by atoms with van der Waals surface area (Å²) < 4.78 is 10.2. The molecule has 1 aromatic carbocycles. The number of carbonyl (C=O) groups is 2. The van der Waals surface area contributed by atoms with Crippen LogP contribution in [0.1, 0.15) is 39.5 Å². The topological polar surface area (TPSA) is 100 Å². The maximum Gasteiger partial charge on any atom is 0.410 e. The van der Waals surface area contributed by atoms with Crippen LogP contribution in [0.4, 0.5) is 9.80 Å². The molecule has 8 nitrogen and oxygen atoms in total. The van der Waals surface area contributed by atoms with E-state index in [2.05, 4.69) is 10.6 Å². The van der Waals surface area contributed by atoms with Gasteiger partial charge in [0.1, 0.15) is 11.2 Å². The largest absolute Gasteiger partial charge is 0.504 e. The first-order valence-corrected chi connectivity index (χ1v) is 9.84. The molecule has 0 fully saturated rings. The van der Waals surface area contributed by atoms with Crippen molar-refractivity contribution in [2.24, 2.45) is 0 Å². The van der Waals surface area contributed by atoms with Crippen molar-refractivity contribution in [2.45, 2.75) is 26.1 Å². The molecule has 148 valence electrons. The lowest BCUT2D eigenvalue weighted by Crippen LogP contribution is -2.39. The molecular weight excluding hydrogens is 382 g/mol. The van der Waals surface area contributed by atoms with Crippen LogP contribution in [0.15, 0.2) is 18.2 Å². The predicted molar refractivity (Wildman–Crippen MR) is 104 cm³/mol. The summed E-state index contributed by atoms with van der Waals surface area (Å²) in [5.41, 5.74) is 2.36. The molecule has 2 amide bonds. The third-order valence-electron chi connectivity index (χ3n) is 4.90. The SMILES string of the molecule is CCOC(=O)N1CCc2c(sc3c2C(=O)N[C@@H](c2ccc(OC)c(O)c2)N3)C1. The summed E-state index contributed by atoms with van der Waals surface area (Å²) in [7, 11) is 1.48. The first-order valence-electron chi connectivity index (χ1n) is 9.02. The zero-order valence-electron chi connectivity index (χ0n) is 15.6. The van der Waals surface area contributed by atoms with Gasteiger partial charge in [-0.2, -0.15) is 0 Å². The van der Waals surface area contributed by atoms with E-state index in [1.807, 2.05) is 0 Å². The highest BCUT2D eigenvalue weighted by atomic mass is 32.1. The molecule has 4 rings (SSSR count). The summed E-state index contributed by atoms with van der Waals surface area (Å²) in [5, 5.41) is 17.1. The molecule has 9 heteroatoms. The third-order valence-corrected chi connectivity index (χ3v) is 6.05. The van der Waals surface area contributed by atoms with Gasteiger partial charge in [-0.3, -0.25) is 4.79 Å². The van der Waals surface area contributed by atoms with Crippen molar-refractivity contribution in [1.82, 2.24) is 10.2 Å². The lowest BCUT2D eigenvalue weighted by atomic mass is 10.0. The van der Waals surface area contributed by atoms with E-state index in [0.29, 0.717) is 37.4 Å². The van der Waals surface area contributed by atoms with Crippen LogP contribution in [0.25, 0.3) is 0 Å². The predicted octanol–water partition coefficient (Wildman–Crippen LogP) is 2.83. The number of nitrogens with one attached hydrogen (secondary N) is 2. The number of phenolic OH excluding ortho intramolecular Hbond substituents is 1. The normalized spacial score (nSPS) is 17.9. The van der Waals surface area contributed by atoms with Crippen molar-refractivity contribution >= 4 is 28.3 Å². The molecule has 2 aliphatic heterocycles. The number of benzene rings is 1. The van der Waals surface area contributed by atoms with Gasteiger partial charge in [0.15, 0.2) is 11.5 Å². The molecule has 1 aromatic heterocycles. The van der Waals surface area contributed by atoms with Gasteiger partial charge >= 0.3 is 6.09 Å². The van der Waals surface area contributed by atoms with Gasteiger partial charge < -0.3 is 30.1 Å². The number of ether oxygens (including phenoxy) is 2. The number of nitrogens with zero attached hydrogens (tertiary/aromatic N) is 1. The number of aromatic hydroxyl groups is 1. The van der Waals surface area contributed by atoms with E-state index in [1.165, 1.54) is 18.4 Å². The molecule has 0 spiro atoms. The molecule has 3 heterocycles. The van der Waals surface area contributed by atoms with Gasteiger partial charge in [0.2, 0.25) is 0 Å². The Hall–Kier alpha value is -2.94. The molecule has 2 aromatic rings. The number of carbonyl (C=O) groups excluding carboxylic acids is 2. The van der Waals surface area contributed by atoms with Crippen molar-refractivity contribution in [3.8, 4) is 11.5 Å². The number of hydrogen-bond donors (Lipinski definition) is 3. The number of methoxy groups -OCH3 is 1. The number of phenols is 1. The highest BCUT2D eigenvalue weighted by Crippen LogP contribution is 2.41. The summed E-state index contributed by atoms with van der Waals surface area (Å²) in [4.78, 5) is 27.5. The van der Waals surface area contributed by atoms with Gasteiger partial charge in [-0.05, 0) is 36.6 Å². The molecule has 1 atom stereocenters. The molecule has 0 aliphatic carbocycles. The summed E-state index contributed by atoms with van der Waals surface area (Å²) in [6, 6.07) is 5.01. The lowest BCUT2D eigenvalue weighted by molar-refractivity contribution is 0.0934. The van der Waals surface area contributed by atoms with Crippen molar-refractivity contribution in [3.63, 3.8) is 0 Å².